The standard InChI is InChI=1S/C28H23N3OS2/c1-18-11-10-12-19(2)23(18)31-28(33-3)26-22(17-29)24(30-21-15-8-5-9-16-21)27(34-26)25(32)20-13-6-4-7-14-20/h4-16,30H,1-3H3. The number of para-hydroxylation sites is 2. The average molecular weight is 482 g/mol. The van der Waals surface area contributed by atoms with Crippen LogP contribution >= 0.6 is 23.1 Å². The average Bonchev–Trinajstić information content (AvgIpc) is 3.22. The molecule has 0 bridgehead atoms. The Balaban J connectivity index is 1.92. The van der Waals surface area contributed by atoms with Gasteiger partial charge < -0.3 is 5.32 Å². The summed E-state index contributed by atoms with van der Waals surface area (Å²) in [7, 11) is 0. The molecule has 6 heteroatoms. The predicted octanol–water partition coefficient (Wildman–Crippen LogP) is 7.65. The molecule has 4 rings (SSSR count). The molecule has 0 fully saturated rings. The molecular formula is C28H23N3OS2. The second-order valence-corrected chi connectivity index (χ2v) is 9.49. The number of nitrogens with one attached hydrogen (secondary N) is 1. The van der Waals surface area contributed by atoms with Gasteiger partial charge in [0.25, 0.3) is 0 Å². The number of ketones is 1. The molecule has 1 N–H and O–H groups in total. The zero-order valence-electron chi connectivity index (χ0n) is 19.1. The zero-order chi connectivity index (χ0) is 24.1. The number of rotatable bonds is 6. The summed E-state index contributed by atoms with van der Waals surface area (Å²) in [5.41, 5.74) is 5.33. The molecule has 1 heterocycles. The predicted molar refractivity (Wildman–Crippen MR) is 144 cm³/mol. The fraction of sp³-hybridized carbons (Fsp3) is 0.107. The van der Waals surface area contributed by atoms with Gasteiger partial charge in [-0.05, 0) is 43.4 Å². The monoisotopic (exact) mass is 481 g/mol. The molecular weight excluding hydrogens is 458 g/mol. The minimum absolute atomic E-state index is 0.126. The summed E-state index contributed by atoms with van der Waals surface area (Å²) in [5.74, 6) is -0.126. The van der Waals surface area contributed by atoms with Crippen LogP contribution in [0.25, 0.3) is 0 Å². The normalized spacial score (nSPS) is 11.2. The summed E-state index contributed by atoms with van der Waals surface area (Å²) >= 11 is 2.78. The van der Waals surface area contributed by atoms with Gasteiger partial charge in [0.15, 0.2) is 0 Å². The first-order valence-electron chi connectivity index (χ1n) is 10.7. The van der Waals surface area contributed by atoms with E-state index < -0.39 is 0 Å². The Morgan fingerprint density at radius 2 is 1.53 bits per heavy atom. The van der Waals surface area contributed by atoms with E-state index in [1.807, 2.05) is 86.8 Å². The quantitative estimate of drug-likeness (QED) is 0.174. The maximum atomic E-state index is 13.5. The second kappa shape index (κ2) is 10.5. The molecule has 0 unspecified atom stereocenters. The van der Waals surface area contributed by atoms with Gasteiger partial charge in [0.1, 0.15) is 16.0 Å². The zero-order valence-corrected chi connectivity index (χ0v) is 20.8. The third-order valence-corrected chi connectivity index (χ3v) is 7.35. The number of anilines is 2. The number of aryl methyl sites for hydroxylation is 2. The molecule has 168 valence electrons. The van der Waals surface area contributed by atoms with Gasteiger partial charge in [-0.2, -0.15) is 5.26 Å². The highest BCUT2D eigenvalue weighted by Gasteiger charge is 2.26. The molecule has 0 amide bonds. The van der Waals surface area contributed by atoms with Crippen molar-refractivity contribution in [1.82, 2.24) is 0 Å². The van der Waals surface area contributed by atoms with E-state index in [0.29, 0.717) is 31.6 Å². The minimum atomic E-state index is -0.126. The van der Waals surface area contributed by atoms with Crippen LogP contribution in [0.5, 0.6) is 0 Å². The number of benzene rings is 3. The summed E-state index contributed by atoms with van der Waals surface area (Å²) in [6.45, 7) is 4.05. The molecule has 0 radical (unpaired) electrons. The van der Waals surface area contributed by atoms with Crippen LogP contribution < -0.4 is 5.32 Å². The van der Waals surface area contributed by atoms with Crippen molar-refractivity contribution in [3.05, 3.63) is 111 Å². The van der Waals surface area contributed by atoms with Crippen LogP contribution in [-0.4, -0.2) is 17.1 Å². The fourth-order valence-corrected chi connectivity index (χ4v) is 5.52. The Bertz CT molecular complexity index is 1380. The van der Waals surface area contributed by atoms with E-state index in [9.17, 15) is 10.1 Å². The van der Waals surface area contributed by atoms with Crippen molar-refractivity contribution >= 4 is 51.0 Å². The van der Waals surface area contributed by atoms with Crippen molar-refractivity contribution in [2.24, 2.45) is 4.99 Å². The van der Waals surface area contributed by atoms with Gasteiger partial charge in [0.2, 0.25) is 5.78 Å². The minimum Gasteiger partial charge on any atom is -0.353 e. The van der Waals surface area contributed by atoms with E-state index in [2.05, 4.69) is 11.4 Å². The van der Waals surface area contributed by atoms with Crippen molar-refractivity contribution in [2.45, 2.75) is 13.8 Å². The van der Waals surface area contributed by atoms with Crippen LogP contribution in [0.4, 0.5) is 17.1 Å². The lowest BCUT2D eigenvalue weighted by molar-refractivity contribution is 0.104. The number of hydrogen-bond acceptors (Lipinski definition) is 6. The van der Waals surface area contributed by atoms with E-state index in [1.54, 1.807) is 12.1 Å². The first-order chi connectivity index (χ1) is 16.5. The van der Waals surface area contributed by atoms with Gasteiger partial charge in [-0.3, -0.25) is 4.79 Å². The summed E-state index contributed by atoms with van der Waals surface area (Å²) < 4.78 is 0. The summed E-state index contributed by atoms with van der Waals surface area (Å²) in [6, 6.07) is 27.1. The third-order valence-electron chi connectivity index (χ3n) is 5.35. The largest absolute Gasteiger partial charge is 0.353 e. The Morgan fingerprint density at radius 3 is 2.12 bits per heavy atom. The van der Waals surface area contributed by atoms with Crippen LogP contribution in [0.15, 0.2) is 83.9 Å². The van der Waals surface area contributed by atoms with Crippen molar-refractivity contribution in [1.29, 1.82) is 5.26 Å². The number of thiophene rings is 1. The van der Waals surface area contributed by atoms with Gasteiger partial charge in [0.05, 0.1) is 21.8 Å². The van der Waals surface area contributed by atoms with E-state index >= 15 is 0 Å². The van der Waals surface area contributed by atoms with Crippen LogP contribution in [0.2, 0.25) is 0 Å². The molecule has 0 aliphatic heterocycles. The molecule has 4 nitrogen and oxygen atoms in total. The number of carbonyl (C=O) groups excluding carboxylic acids is 1. The number of nitrogens with zero attached hydrogens (tertiary/aromatic N) is 2. The van der Waals surface area contributed by atoms with Gasteiger partial charge in [-0.1, -0.05) is 66.7 Å². The van der Waals surface area contributed by atoms with E-state index in [1.165, 1.54) is 23.1 Å². The van der Waals surface area contributed by atoms with Crippen LogP contribution in [0.1, 0.15) is 36.8 Å². The Kier molecular flexibility index (Phi) is 7.27. The maximum absolute atomic E-state index is 13.5. The lowest BCUT2D eigenvalue weighted by Crippen LogP contribution is -2.03. The molecule has 1 aromatic heterocycles. The molecule has 0 aliphatic rings. The molecule has 0 atom stereocenters. The number of aliphatic imine (C=N–C) groups is 1. The summed E-state index contributed by atoms with van der Waals surface area (Å²) in [6.07, 6.45) is 1.94. The number of thioether (sulfide) groups is 1. The third kappa shape index (κ3) is 4.81. The van der Waals surface area contributed by atoms with E-state index in [4.69, 9.17) is 4.99 Å². The number of hydrogen-bond donors (Lipinski definition) is 1. The van der Waals surface area contributed by atoms with Crippen molar-refractivity contribution < 1.29 is 4.79 Å². The lowest BCUT2D eigenvalue weighted by Gasteiger charge is -2.09. The van der Waals surface area contributed by atoms with Crippen molar-refractivity contribution in [3.8, 4) is 6.07 Å². The highest BCUT2D eigenvalue weighted by atomic mass is 32.2. The molecule has 0 saturated carbocycles. The molecule has 3 aromatic carbocycles. The molecule has 0 spiro atoms. The fourth-order valence-electron chi connectivity index (χ4n) is 3.63. The smallest absolute Gasteiger partial charge is 0.205 e. The summed E-state index contributed by atoms with van der Waals surface area (Å²) in [5, 5.41) is 14.2. The van der Waals surface area contributed by atoms with Gasteiger partial charge in [-0.25, -0.2) is 4.99 Å². The first-order valence-corrected chi connectivity index (χ1v) is 12.8. The van der Waals surface area contributed by atoms with Crippen molar-refractivity contribution in [3.63, 3.8) is 0 Å². The number of nitriles is 1. The van der Waals surface area contributed by atoms with Gasteiger partial charge >= 0.3 is 0 Å². The van der Waals surface area contributed by atoms with E-state index in [0.717, 1.165) is 22.5 Å². The SMILES string of the molecule is CSC(=Nc1c(C)cccc1C)c1sc(C(=O)c2ccccc2)c(Nc2ccccc2)c1C#N. The molecule has 4 aromatic rings. The Morgan fingerprint density at radius 1 is 0.912 bits per heavy atom. The molecule has 0 aliphatic carbocycles. The van der Waals surface area contributed by atoms with Crippen LogP contribution in [0.3, 0.4) is 0 Å². The van der Waals surface area contributed by atoms with Gasteiger partial charge in [-0.15, -0.1) is 23.1 Å². The molecule has 0 saturated heterocycles. The summed E-state index contributed by atoms with van der Waals surface area (Å²) in [4.78, 5) is 19.7. The van der Waals surface area contributed by atoms with Crippen LogP contribution in [-0.2, 0) is 0 Å². The van der Waals surface area contributed by atoms with E-state index in [-0.39, 0.29) is 5.78 Å². The topological polar surface area (TPSA) is 65.2 Å². The highest BCUT2D eigenvalue weighted by Crippen LogP contribution is 2.39. The second-order valence-electron chi connectivity index (χ2n) is 7.67. The van der Waals surface area contributed by atoms with Gasteiger partial charge in [0, 0.05) is 11.3 Å². The molecule has 34 heavy (non-hydrogen) atoms. The van der Waals surface area contributed by atoms with Crippen LogP contribution in [0, 0.1) is 25.2 Å². The van der Waals surface area contributed by atoms with Crippen molar-refractivity contribution in [2.75, 3.05) is 11.6 Å². The first kappa shape index (κ1) is 23.5. The highest BCUT2D eigenvalue weighted by molar-refractivity contribution is 8.14. The number of carbonyl (C=O) groups is 1. The lowest BCUT2D eigenvalue weighted by atomic mass is 10.1. The Hall–Kier alpha value is -3.66. The maximum Gasteiger partial charge on any atom is 0.205 e. The Labute approximate surface area is 208 Å².